The molecule has 0 unspecified atom stereocenters. The molecule has 1 aliphatic carbocycles. The van der Waals surface area contributed by atoms with Crippen molar-refractivity contribution >= 4 is 17.6 Å². The molecule has 1 aromatic rings. The number of nitrogens with zero attached hydrogens (tertiary/aromatic N) is 3. The molecule has 3 heterocycles. The minimum atomic E-state index is -0.956. The van der Waals surface area contributed by atoms with Crippen LogP contribution in [0.25, 0.3) is 0 Å². The van der Waals surface area contributed by atoms with E-state index in [0.29, 0.717) is 23.7 Å². The lowest BCUT2D eigenvalue weighted by molar-refractivity contribution is -0.132. The van der Waals surface area contributed by atoms with E-state index in [-0.39, 0.29) is 23.9 Å². The van der Waals surface area contributed by atoms with Gasteiger partial charge in [-0.1, -0.05) is 18.1 Å². The van der Waals surface area contributed by atoms with Crippen LogP contribution in [0.3, 0.4) is 0 Å². The third-order valence-electron chi connectivity index (χ3n) is 5.99. The van der Waals surface area contributed by atoms with E-state index in [1.165, 1.54) is 17.2 Å². The lowest BCUT2D eigenvalue weighted by Gasteiger charge is -2.33. The van der Waals surface area contributed by atoms with Gasteiger partial charge in [-0.3, -0.25) is 0 Å². The molecule has 0 spiro atoms. The number of carboxylic acids is 1. The highest BCUT2D eigenvalue weighted by molar-refractivity contribution is 5.89. The summed E-state index contributed by atoms with van der Waals surface area (Å²) in [5.41, 5.74) is 9.49. The number of halogens is 1. The van der Waals surface area contributed by atoms with Crippen LogP contribution in [-0.2, 0) is 11.2 Å². The second kappa shape index (κ2) is 7.54. The monoisotopic (exact) mass is 386 g/mol. The fourth-order valence-corrected chi connectivity index (χ4v) is 4.21. The molecule has 7 heteroatoms. The number of anilines is 2. The maximum Gasteiger partial charge on any atom is 0.333 e. The van der Waals surface area contributed by atoms with Gasteiger partial charge in [0.05, 0.1) is 5.57 Å². The van der Waals surface area contributed by atoms with Crippen molar-refractivity contribution in [1.82, 2.24) is 4.98 Å². The lowest BCUT2D eigenvalue weighted by Crippen LogP contribution is -2.34. The van der Waals surface area contributed by atoms with Gasteiger partial charge in [-0.2, -0.15) is 0 Å². The van der Waals surface area contributed by atoms with Crippen LogP contribution in [0, 0.1) is 5.82 Å². The topological polar surface area (TPSA) is 82.7 Å². The fourth-order valence-electron chi connectivity index (χ4n) is 4.21. The summed E-state index contributed by atoms with van der Waals surface area (Å²) in [6.07, 6.45) is 6.64. The molecule has 0 bridgehead atoms. The molecule has 0 aromatic carbocycles. The zero-order chi connectivity index (χ0) is 19.8. The molecule has 4 rings (SSSR count). The summed E-state index contributed by atoms with van der Waals surface area (Å²) in [7, 11) is 0. The van der Waals surface area contributed by atoms with E-state index in [1.54, 1.807) is 6.20 Å². The molecule has 6 nitrogen and oxygen atoms in total. The number of piperidine rings is 1. The molecule has 1 saturated carbocycles. The maximum absolute atomic E-state index is 14.9. The van der Waals surface area contributed by atoms with Gasteiger partial charge in [-0.05, 0) is 38.2 Å². The Hall–Kier alpha value is -2.41. The molecular formula is C21H27FN4O2. The zero-order valence-electron chi connectivity index (χ0n) is 16.2. The number of carbonyl (C=O) groups is 1. The van der Waals surface area contributed by atoms with Crippen molar-refractivity contribution < 1.29 is 14.3 Å². The molecule has 2 aliphatic heterocycles. The van der Waals surface area contributed by atoms with Gasteiger partial charge in [0.2, 0.25) is 0 Å². The summed E-state index contributed by atoms with van der Waals surface area (Å²) in [4.78, 5) is 20.1. The van der Waals surface area contributed by atoms with Crippen LogP contribution in [0.2, 0.25) is 0 Å². The quantitative estimate of drug-likeness (QED) is 0.757. The summed E-state index contributed by atoms with van der Waals surface area (Å²) >= 11 is 0. The SMILES string of the molecule is CCC(CN)=C1CCN(c2nc3c(cc2F)CC(C(=O)O)=CN3C2CC2)CC1. The van der Waals surface area contributed by atoms with Crippen molar-refractivity contribution in [2.24, 2.45) is 5.73 Å². The Morgan fingerprint density at radius 2 is 2.04 bits per heavy atom. The molecule has 28 heavy (non-hydrogen) atoms. The number of rotatable bonds is 5. The van der Waals surface area contributed by atoms with E-state index in [2.05, 4.69) is 11.9 Å². The van der Waals surface area contributed by atoms with E-state index in [0.717, 1.165) is 45.2 Å². The van der Waals surface area contributed by atoms with Gasteiger partial charge in [0.25, 0.3) is 0 Å². The Bertz CT molecular complexity index is 844. The average molecular weight is 386 g/mol. The van der Waals surface area contributed by atoms with Crippen molar-refractivity contribution in [3.05, 3.63) is 40.4 Å². The van der Waals surface area contributed by atoms with Gasteiger partial charge >= 0.3 is 5.97 Å². The van der Waals surface area contributed by atoms with Crippen LogP contribution in [0.5, 0.6) is 0 Å². The number of carboxylic acid groups (broad SMARTS) is 1. The zero-order valence-corrected chi connectivity index (χ0v) is 16.2. The van der Waals surface area contributed by atoms with Crippen molar-refractivity contribution in [3.63, 3.8) is 0 Å². The number of hydrogen-bond acceptors (Lipinski definition) is 5. The lowest BCUT2D eigenvalue weighted by atomic mass is 9.96. The van der Waals surface area contributed by atoms with Crippen LogP contribution >= 0.6 is 0 Å². The summed E-state index contributed by atoms with van der Waals surface area (Å²) in [5, 5.41) is 9.39. The Kier molecular flexibility index (Phi) is 5.10. The molecule has 3 aliphatic rings. The molecule has 1 aromatic heterocycles. The van der Waals surface area contributed by atoms with Crippen molar-refractivity contribution in [2.45, 2.75) is 51.5 Å². The Morgan fingerprint density at radius 3 is 2.61 bits per heavy atom. The molecule has 3 N–H and O–H groups in total. The van der Waals surface area contributed by atoms with Gasteiger partial charge in [0.1, 0.15) is 5.82 Å². The van der Waals surface area contributed by atoms with Crippen molar-refractivity contribution in [1.29, 1.82) is 0 Å². The number of aliphatic carboxylic acids is 1. The van der Waals surface area contributed by atoms with Gasteiger partial charge in [-0.15, -0.1) is 0 Å². The minimum absolute atomic E-state index is 0.210. The Balaban J connectivity index is 1.61. The molecular weight excluding hydrogens is 359 g/mol. The van der Waals surface area contributed by atoms with Crippen LogP contribution < -0.4 is 15.5 Å². The molecule has 0 amide bonds. The van der Waals surface area contributed by atoms with Crippen LogP contribution in [0.15, 0.2) is 29.0 Å². The predicted octanol–water partition coefficient (Wildman–Crippen LogP) is 2.98. The van der Waals surface area contributed by atoms with E-state index >= 15 is 0 Å². The van der Waals surface area contributed by atoms with Crippen molar-refractivity contribution in [3.8, 4) is 0 Å². The molecule has 2 fully saturated rings. The van der Waals surface area contributed by atoms with Gasteiger partial charge in [0.15, 0.2) is 11.6 Å². The van der Waals surface area contributed by atoms with Gasteiger partial charge < -0.3 is 20.6 Å². The second-order valence-electron chi connectivity index (χ2n) is 7.80. The molecule has 0 atom stereocenters. The Labute approximate surface area is 164 Å². The highest BCUT2D eigenvalue weighted by Gasteiger charge is 2.35. The number of aromatic nitrogens is 1. The standard InChI is InChI=1S/C21H27FN4O2/c1-2-13(11-23)14-5-7-25(8-6-14)20-18(22)10-15-9-16(21(27)28)12-26(17-3-4-17)19(15)24-20/h10,12,17H,2-9,11,23H2,1H3,(H,27,28). The average Bonchev–Trinajstić information content (AvgIpc) is 3.53. The number of fused-ring (bicyclic) bond motifs is 1. The first-order chi connectivity index (χ1) is 13.5. The summed E-state index contributed by atoms with van der Waals surface area (Å²) in [5.74, 6) is -0.242. The fraction of sp³-hybridized carbons (Fsp3) is 0.524. The van der Waals surface area contributed by atoms with E-state index < -0.39 is 5.97 Å². The summed E-state index contributed by atoms with van der Waals surface area (Å²) < 4.78 is 14.9. The smallest absolute Gasteiger partial charge is 0.333 e. The van der Waals surface area contributed by atoms with Crippen LogP contribution in [0.4, 0.5) is 16.0 Å². The largest absolute Gasteiger partial charge is 0.478 e. The molecule has 0 radical (unpaired) electrons. The first kappa shape index (κ1) is 18.9. The molecule has 1 saturated heterocycles. The van der Waals surface area contributed by atoms with Crippen LogP contribution in [-0.4, -0.2) is 41.7 Å². The summed E-state index contributed by atoms with van der Waals surface area (Å²) in [6, 6.07) is 1.75. The predicted molar refractivity (Wildman–Crippen MR) is 107 cm³/mol. The normalized spacial score (nSPS) is 19.4. The number of hydrogen-bond donors (Lipinski definition) is 2. The highest BCUT2D eigenvalue weighted by atomic mass is 19.1. The number of pyridine rings is 1. The van der Waals surface area contributed by atoms with E-state index in [9.17, 15) is 14.3 Å². The Morgan fingerprint density at radius 1 is 1.32 bits per heavy atom. The van der Waals surface area contributed by atoms with Crippen LogP contribution in [0.1, 0.15) is 44.6 Å². The van der Waals surface area contributed by atoms with Gasteiger partial charge in [-0.25, -0.2) is 14.2 Å². The van der Waals surface area contributed by atoms with E-state index in [4.69, 9.17) is 5.73 Å². The number of nitrogens with two attached hydrogens (primary N) is 1. The first-order valence-corrected chi connectivity index (χ1v) is 10.1. The minimum Gasteiger partial charge on any atom is -0.478 e. The summed E-state index contributed by atoms with van der Waals surface area (Å²) in [6.45, 7) is 4.16. The molecule has 150 valence electrons. The van der Waals surface area contributed by atoms with Gasteiger partial charge in [0, 0.05) is 43.9 Å². The maximum atomic E-state index is 14.9. The third kappa shape index (κ3) is 3.51. The third-order valence-corrected chi connectivity index (χ3v) is 5.99. The highest BCUT2D eigenvalue weighted by Crippen LogP contribution is 2.39. The first-order valence-electron chi connectivity index (χ1n) is 10.1. The van der Waals surface area contributed by atoms with Crippen molar-refractivity contribution in [2.75, 3.05) is 29.4 Å². The second-order valence-corrected chi connectivity index (χ2v) is 7.80. The van der Waals surface area contributed by atoms with E-state index in [1.807, 2.05) is 9.80 Å².